The zero-order valence-electron chi connectivity index (χ0n) is 14.1. The van der Waals surface area contributed by atoms with Gasteiger partial charge >= 0.3 is 0 Å². The van der Waals surface area contributed by atoms with Gasteiger partial charge in [-0.1, -0.05) is 18.2 Å². The van der Waals surface area contributed by atoms with Gasteiger partial charge in [0.1, 0.15) is 0 Å². The van der Waals surface area contributed by atoms with Gasteiger partial charge in [-0.3, -0.25) is 4.79 Å². The van der Waals surface area contributed by atoms with Crippen molar-refractivity contribution in [2.45, 2.75) is 6.42 Å². The van der Waals surface area contributed by atoms with E-state index in [0.717, 1.165) is 15.5 Å². The van der Waals surface area contributed by atoms with Gasteiger partial charge in [-0.25, -0.2) is 8.91 Å². The summed E-state index contributed by atoms with van der Waals surface area (Å²) in [7, 11) is 0. The highest BCUT2D eigenvalue weighted by Crippen LogP contribution is 2.24. The van der Waals surface area contributed by atoms with Gasteiger partial charge < -0.3 is 10.1 Å². The van der Waals surface area contributed by atoms with E-state index in [2.05, 4.69) is 15.4 Å². The number of amides is 1. The van der Waals surface area contributed by atoms with Gasteiger partial charge in [0, 0.05) is 18.3 Å². The van der Waals surface area contributed by atoms with Crippen molar-refractivity contribution < 1.29 is 13.9 Å². The average Bonchev–Trinajstić information content (AvgIpc) is 3.39. The van der Waals surface area contributed by atoms with E-state index in [1.165, 1.54) is 23.5 Å². The third kappa shape index (κ3) is 3.99. The largest absolute Gasteiger partial charge is 0.481 e. The summed E-state index contributed by atoms with van der Waals surface area (Å²) in [5.74, 6) is -0.0161. The molecule has 1 amide bonds. The number of benzene rings is 1. The highest BCUT2D eigenvalue weighted by atomic mass is 32.1. The molecule has 9 heteroatoms. The standard InChI is InChI=1S/C18H15FN4O2S2/c19-13-4-1-2-5-14(13)25-10-16(24)20-8-7-12-11-27-18-21-17(22-23(12)18)15-6-3-9-26-15/h1-6,9,11H,7-8,10H2,(H,20,24). The van der Waals surface area contributed by atoms with E-state index in [-0.39, 0.29) is 18.3 Å². The van der Waals surface area contributed by atoms with E-state index in [4.69, 9.17) is 4.74 Å². The Hall–Kier alpha value is -2.78. The van der Waals surface area contributed by atoms with Crippen LogP contribution in [-0.4, -0.2) is 33.7 Å². The molecule has 0 aliphatic carbocycles. The van der Waals surface area contributed by atoms with Crippen LogP contribution in [0.25, 0.3) is 15.7 Å². The maximum Gasteiger partial charge on any atom is 0.257 e. The number of carbonyl (C=O) groups is 1. The highest BCUT2D eigenvalue weighted by Gasteiger charge is 2.12. The molecule has 0 saturated heterocycles. The normalized spacial score (nSPS) is 11.0. The molecule has 1 N–H and O–H groups in total. The van der Waals surface area contributed by atoms with Gasteiger partial charge in [0.2, 0.25) is 4.96 Å². The van der Waals surface area contributed by atoms with Crippen LogP contribution in [0.4, 0.5) is 4.39 Å². The molecule has 4 aromatic rings. The van der Waals surface area contributed by atoms with Crippen molar-refractivity contribution in [1.29, 1.82) is 0 Å². The minimum Gasteiger partial charge on any atom is -0.481 e. The van der Waals surface area contributed by atoms with Gasteiger partial charge in [-0.2, -0.15) is 4.98 Å². The molecule has 0 radical (unpaired) electrons. The number of hydrogen-bond donors (Lipinski definition) is 1. The fourth-order valence-electron chi connectivity index (χ4n) is 2.49. The molecule has 6 nitrogen and oxygen atoms in total. The Balaban J connectivity index is 1.31. The van der Waals surface area contributed by atoms with Gasteiger partial charge in [0.15, 0.2) is 24.0 Å². The lowest BCUT2D eigenvalue weighted by Crippen LogP contribution is -2.30. The first-order valence-electron chi connectivity index (χ1n) is 8.22. The molecule has 138 valence electrons. The second-order valence-corrected chi connectivity index (χ2v) is 7.44. The topological polar surface area (TPSA) is 68.5 Å². The summed E-state index contributed by atoms with van der Waals surface area (Å²) < 4.78 is 20.5. The minimum atomic E-state index is -0.487. The Morgan fingerprint density at radius 3 is 2.93 bits per heavy atom. The Kier molecular flexibility index (Phi) is 5.12. The van der Waals surface area contributed by atoms with Crippen LogP contribution in [0.1, 0.15) is 5.69 Å². The molecule has 0 atom stereocenters. The molecular weight excluding hydrogens is 387 g/mol. The zero-order valence-corrected chi connectivity index (χ0v) is 15.7. The molecule has 4 rings (SSSR count). The smallest absolute Gasteiger partial charge is 0.257 e. The van der Waals surface area contributed by atoms with Crippen LogP contribution in [0.15, 0.2) is 47.2 Å². The van der Waals surface area contributed by atoms with E-state index in [0.29, 0.717) is 18.8 Å². The van der Waals surface area contributed by atoms with Crippen molar-refractivity contribution in [2.75, 3.05) is 13.2 Å². The molecule has 0 aliphatic heterocycles. The van der Waals surface area contributed by atoms with Crippen LogP contribution >= 0.6 is 22.7 Å². The number of carbonyl (C=O) groups excluding carboxylic acids is 1. The fraction of sp³-hybridized carbons (Fsp3) is 0.167. The Morgan fingerprint density at radius 2 is 2.11 bits per heavy atom. The summed E-state index contributed by atoms with van der Waals surface area (Å²) in [5.41, 5.74) is 0.973. The van der Waals surface area contributed by atoms with Crippen molar-refractivity contribution in [3.8, 4) is 16.5 Å². The minimum absolute atomic E-state index is 0.0657. The lowest BCUT2D eigenvalue weighted by molar-refractivity contribution is -0.123. The van der Waals surface area contributed by atoms with Crippen molar-refractivity contribution in [3.05, 3.63) is 58.7 Å². The summed E-state index contributed by atoms with van der Waals surface area (Å²) in [4.78, 5) is 18.3. The van der Waals surface area contributed by atoms with E-state index < -0.39 is 5.82 Å². The van der Waals surface area contributed by atoms with Crippen molar-refractivity contribution >= 4 is 33.5 Å². The van der Waals surface area contributed by atoms with Gasteiger partial charge in [0.05, 0.1) is 10.6 Å². The molecule has 0 aliphatic rings. The first-order chi connectivity index (χ1) is 13.2. The molecule has 3 heterocycles. The number of thiophene rings is 1. The van der Waals surface area contributed by atoms with Crippen LogP contribution in [0.5, 0.6) is 5.75 Å². The lowest BCUT2D eigenvalue weighted by atomic mass is 10.3. The summed E-state index contributed by atoms with van der Waals surface area (Å²) in [6.45, 7) is 0.200. The lowest BCUT2D eigenvalue weighted by Gasteiger charge is -2.07. The van der Waals surface area contributed by atoms with Crippen molar-refractivity contribution in [1.82, 2.24) is 19.9 Å². The molecule has 0 unspecified atom stereocenters. The van der Waals surface area contributed by atoms with Gasteiger partial charge in [-0.05, 0) is 23.6 Å². The SMILES string of the molecule is O=C(COc1ccccc1F)NCCc1csc2nc(-c3cccs3)nn12. The number of thiazole rings is 1. The molecule has 3 aromatic heterocycles. The van der Waals surface area contributed by atoms with E-state index in [1.54, 1.807) is 23.5 Å². The van der Waals surface area contributed by atoms with E-state index >= 15 is 0 Å². The molecule has 0 bridgehead atoms. The molecule has 0 fully saturated rings. The summed E-state index contributed by atoms with van der Waals surface area (Å²) in [6, 6.07) is 9.95. The first kappa shape index (κ1) is 17.6. The molecule has 0 spiro atoms. The number of ether oxygens (including phenoxy) is 1. The third-order valence-electron chi connectivity index (χ3n) is 3.79. The van der Waals surface area contributed by atoms with Crippen LogP contribution in [0.2, 0.25) is 0 Å². The maximum absolute atomic E-state index is 13.5. The highest BCUT2D eigenvalue weighted by molar-refractivity contribution is 7.15. The number of nitrogens with zero attached hydrogens (tertiary/aromatic N) is 3. The zero-order chi connectivity index (χ0) is 18.6. The second kappa shape index (κ2) is 7.85. The predicted molar refractivity (Wildman–Crippen MR) is 103 cm³/mol. The number of aromatic nitrogens is 3. The number of halogens is 1. The molecule has 0 saturated carbocycles. The Bertz CT molecular complexity index is 1060. The summed E-state index contributed by atoms with van der Waals surface area (Å²) in [6.07, 6.45) is 0.610. The number of fused-ring (bicyclic) bond motifs is 1. The number of para-hydroxylation sites is 1. The molecular formula is C18H15FN4O2S2. The fourth-order valence-corrected chi connectivity index (χ4v) is 4.00. The maximum atomic E-state index is 13.5. The van der Waals surface area contributed by atoms with Gasteiger partial charge in [0.25, 0.3) is 5.91 Å². The van der Waals surface area contributed by atoms with Crippen LogP contribution in [0, 0.1) is 5.82 Å². The molecule has 1 aromatic carbocycles. The van der Waals surface area contributed by atoms with Crippen LogP contribution in [0.3, 0.4) is 0 Å². The summed E-state index contributed by atoms with van der Waals surface area (Å²) in [5, 5.41) is 11.3. The third-order valence-corrected chi connectivity index (χ3v) is 5.52. The Morgan fingerprint density at radius 1 is 1.22 bits per heavy atom. The summed E-state index contributed by atoms with van der Waals surface area (Å²) >= 11 is 3.11. The molecule has 27 heavy (non-hydrogen) atoms. The quantitative estimate of drug-likeness (QED) is 0.514. The Labute approximate surface area is 162 Å². The number of nitrogens with one attached hydrogen (secondary N) is 1. The van der Waals surface area contributed by atoms with Crippen molar-refractivity contribution in [2.24, 2.45) is 0 Å². The average molecular weight is 402 g/mol. The van der Waals surface area contributed by atoms with E-state index in [9.17, 15) is 9.18 Å². The monoisotopic (exact) mass is 402 g/mol. The van der Waals surface area contributed by atoms with Crippen LogP contribution < -0.4 is 10.1 Å². The predicted octanol–water partition coefficient (Wildman–Crippen LogP) is 3.40. The number of rotatable bonds is 7. The van der Waals surface area contributed by atoms with E-state index in [1.807, 2.05) is 27.4 Å². The first-order valence-corrected chi connectivity index (χ1v) is 9.97. The number of hydrogen-bond acceptors (Lipinski definition) is 6. The van der Waals surface area contributed by atoms with Gasteiger partial charge in [-0.15, -0.1) is 27.8 Å². The van der Waals surface area contributed by atoms with Crippen LogP contribution in [-0.2, 0) is 11.2 Å². The second-order valence-electron chi connectivity index (χ2n) is 5.65. The van der Waals surface area contributed by atoms with Crippen molar-refractivity contribution in [3.63, 3.8) is 0 Å².